The Morgan fingerprint density at radius 1 is 1.18 bits per heavy atom. The minimum Gasteiger partial charge on any atom is -0.306 e. The van der Waals surface area contributed by atoms with Gasteiger partial charge in [-0.1, -0.05) is 34.9 Å². The molecule has 0 radical (unpaired) electrons. The number of rotatable bonds is 2. The zero-order valence-corrected chi connectivity index (χ0v) is 10.0. The lowest BCUT2D eigenvalue weighted by molar-refractivity contribution is 1.29. The van der Waals surface area contributed by atoms with Crippen LogP contribution in [0, 0.1) is 13.8 Å². The molecule has 11 heavy (non-hydrogen) atoms. The number of benzene rings is 1. The number of hydrogen-bond acceptors (Lipinski definition) is 0. The van der Waals surface area contributed by atoms with Gasteiger partial charge in [-0.15, -0.1) is 4.55 Å². The zero-order valence-electron chi connectivity index (χ0n) is 7.02. The van der Waals surface area contributed by atoms with E-state index in [0.717, 1.165) is 0 Å². The van der Waals surface area contributed by atoms with Crippen molar-refractivity contribution in [3.63, 3.8) is 0 Å². The van der Waals surface area contributed by atoms with Crippen LogP contribution in [-0.4, -0.2) is 18.2 Å². The first kappa shape index (κ1) is 9.55. The van der Waals surface area contributed by atoms with E-state index < -0.39 is 0 Å². The van der Waals surface area contributed by atoms with Crippen LogP contribution < -0.4 is 0 Å². The summed E-state index contributed by atoms with van der Waals surface area (Å²) in [5.41, 5.74) is 4.26. The summed E-state index contributed by atoms with van der Waals surface area (Å²) < 4.78 is 1.27. The van der Waals surface area contributed by atoms with Gasteiger partial charge in [0, 0.05) is 0 Å². The van der Waals surface area contributed by atoms with Crippen LogP contribution in [-0.2, 0) is 4.55 Å². The Morgan fingerprint density at radius 3 is 2.18 bits per heavy atom. The second-order valence-electron chi connectivity index (χ2n) is 2.93. The quantitative estimate of drug-likeness (QED) is 0.676. The van der Waals surface area contributed by atoms with Gasteiger partial charge < -0.3 is 12.9 Å². The van der Waals surface area contributed by atoms with Crippen LogP contribution in [0.25, 0.3) is 0 Å². The monoisotopic (exact) mass is 222 g/mol. The molecule has 56 valence electrons. The fraction of sp³-hybridized carbons (Fsp3) is 0.333. The van der Waals surface area contributed by atoms with Crippen molar-refractivity contribution in [3.8, 4) is 0 Å². The van der Waals surface area contributed by atoms with E-state index >= 15 is 0 Å². The molecule has 0 aliphatic heterocycles. The van der Waals surface area contributed by atoms with E-state index in [1.807, 2.05) is 0 Å². The molecule has 2 heteroatoms. The summed E-state index contributed by atoms with van der Waals surface area (Å²) in [6, 6.07) is 6.78. The summed E-state index contributed by atoms with van der Waals surface area (Å²) in [6.45, 7) is 4.32. The normalized spacial score (nSPS) is 9.36. The van der Waals surface area contributed by atoms with Crippen LogP contribution in [0.4, 0.5) is 0 Å². The molecule has 0 amide bonds. The first-order chi connectivity index (χ1) is 5.22. The van der Waals surface area contributed by atoms with Gasteiger partial charge in [0.2, 0.25) is 0 Å². The van der Waals surface area contributed by atoms with E-state index in [1.165, 1.54) is 21.2 Å². The molecule has 0 spiro atoms. The van der Waals surface area contributed by atoms with Gasteiger partial charge in [0.25, 0.3) is 0 Å². The molecule has 1 aromatic rings. The first-order valence-corrected chi connectivity index (χ1v) is 8.75. The molecule has 0 aliphatic carbocycles. The largest absolute Gasteiger partial charge is 0.473 e. The Hall–Kier alpha value is 0.466. The van der Waals surface area contributed by atoms with Crippen LogP contribution in [0.15, 0.2) is 18.2 Å². The van der Waals surface area contributed by atoms with E-state index in [0.29, 0.717) is 0 Å². The summed E-state index contributed by atoms with van der Waals surface area (Å²) in [7, 11) is 0. The maximum Gasteiger partial charge on any atom is 0.473 e. The number of aryl methyl sites for hydroxylation is 2. The predicted molar refractivity (Wildman–Crippen MR) is 54.3 cm³/mol. The smallest absolute Gasteiger partial charge is 0.306 e. The third kappa shape index (κ3) is 3.14. The van der Waals surface area contributed by atoms with Gasteiger partial charge in [-0.05, 0) is 13.8 Å². The van der Waals surface area contributed by atoms with Crippen molar-refractivity contribution in [1.29, 1.82) is 0 Å². The van der Waals surface area contributed by atoms with Crippen molar-refractivity contribution in [3.05, 3.63) is 34.9 Å². The molecule has 0 bridgehead atoms. The minimum atomic E-state index is -0.00377. The second-order valence-corrected chi connectivity index (χ2v) is 6.19. The van der Waals surface area contributed by atoms with Gasteiger partial charge in [-0.3, -0.25) is 0 Å². The van der Waals surface area contributed by atoms with Crippen molar-refractivity contribution >= 4 is 31.1 Å². The van der Waals surface area contributed by atoms with Gasteiger partial charge in [0.1, 0.15) is 0 Å². The standard InChI is InChI=1S/C9H11.BrH.Mg/c1-7-4-8(2)6-9(3)5-7;;/h4-6H,1H2,2-3H3;1H;/q;;+1/p-1. The highest BCUT2D eigenvalue weighted by molar-refractivity contribution is 9.23. The molecule has 0 atom stereocenters. The number of hydrogen-bond donors (Lipinski definition) is 0. The van der Waals surface area contributed by atoms with Crippen LogP contribution >= 0.6 is 12.9 Å². The maximum absolute atomic E-state index is 3.57. The van der Waals surface area contributed by atoms with Crippen molar-refractivity contribution in [2.75, 3.05) is 0 Å². The average Bonchev–Trinajstić information content (AvgIpc) is 1.85. The second kappa shape index (κ2) is 4.48. The SMILES string of the molecule is Cc1cc(C)cc([CH2][Mg][Br])c1. The Balaban J connectivity index is 2.89. The predicted octanol–water partition coefficient (Wildman–Crippen LogP) is 2.82. The fourth-order valence-electron chi connectivity index (χ4n) is 1.32. The Morgan fingerprint density at radius 2 is 1.73 bits per heavy atom. The summed E-state index contributed by atoms with van der Waals surface area (Å²) in [5.74, 6) is 0. The molecule has 0 aliphatic rings. The summed E-state index contributed by atoms with van der Waals surface area (Å²) in [5, 5.41) is 0. The van der Waals surface area contributed by atoms with Crippen LogP contribution in [0.1, 0.15) is 16.7 Å². The highest BCUT2D eigenvalue weighted by Crippen LogP contribution is 2.09. The summed E-state index contributed by atoms with van der Waals surface area (Å²) >= 11 is 3.57. The van der Waals surface area contributed by atoms with Crippen molar-refractivity contribution < 1.29 is 0 Å². The minimum absolute atomic E-state index is 0.00377. The lowest BCUT2D eigenvalue weighted by Crippen LogP contribution is -1.90. The Bertz CT molecular complexity index is 225. The molecule has 1 rings (SSSR count). The van der Waals surface area contributed by atoms with Crippen LogP contribution in [0.3, 0.4) is 0 Å². The topological polar surface area (TPSA) is 0 Å². The Labute approximate surface area is 84.0 Å². The maximum atomic E-state index is 3.57. The molecule has 1 aromatic carbocycles. The lowest BCUT2D eigenvalue weighted by Gasteiger charge is -2.01. The van der Waals surface area contributed by atoms with Crippen LogP contribution in [0.5, 0.6) is 0 Å². The molecule has 0 aromatic heterocycles. The molecule has 0 unspecified atom stereocenters. The van der Waals surface area contributed by atoms with Gasteiger partial charge >= 0.3 is 18.2 Å². The fourth-order valence-corrected chi connectivity index (χ4v) is 3.20. The molecule has 0 N–H and O–H groups in total. The average molecular weight is 223 g/mol. The highest BCUT2D eigenvalue weighted by Gasteiger charge is 1.96. The Kier molecular flexibility index (Phi) is 3.89. The first-order valence-electron chi connectivity index (χ1n) is 3.85. The van der Waals surface area contributed by atoms with Crippen molar-refractivity contribution in [2.45, 2.75) is 18.4 Å². The third-order valence-corrected chi connectivity index (χ3v) is 3.62. The zero-order chi connectivity index (χ0) is 8.27. The lowest BCUT2D eigenvalue weighted by atomic mass is 10.1. The van der Waals surface area contributed by atoms with Crippen molar-refractivity contribution in [2.24, 2.45) is 0 Å². The summed E-state index contributed by atoms with van der Waals surface area (Å²) in [6.07, 6.45) is 0. The summed E-state index contributed by atoms with van der Waals surface area (Å²) in [4.78, 5) is 0. The molecule has 0 saturated carbocycles. The van der Waals surface area contributed by atoms with Crippen molar-refractivity contribution in [1.82, 2.24) is 0 Å². The molecular weight excluding hydrogens is 212 g/mol. The molecule has 0 heterocycles. The van der Waals surface area contributed by atoms with Gasteiger partial charge in [0.15, 0.2) is 0 Å². The van der Waals surface area contributed by atoms with Crippen LogP contribution in [0.2, 0.25) is 0 Å². The number of halogens is 1. The van der Waals surface area contributed by atoms with E-state index in [2.05, 4.69) is 44.9 Å². The van der Waals surface area contributed by atoms with Gasteiger partial charge in [-0.25, -0.2) is 0 Å². The van der Waals surface area contributed by atoms with E-state index in [4.69, 9.17) is 0 Å². The highest BCUT2D eigenvalue weighted by atomic mass is 79.9. The molecular formula is C9H11BrMg. The third-order valence-electron chi connectivity index (χ3n) is 1.66. The molecule has 0 saturated heterocycles. The van der Waals surface area contributed by atoms with Gasteiger partial charge in [-0.2, -0.15) is 0 Å². The van der Waals surface area contributed by atoms with E-state index in [-0.39, 0.29) is 18.2 Å². The van der Waals surface area contributed by atoms with E-state index in [9.17, 15) is 0 Å². The van der Waals surface area contributed by atoms with E-state index in [1.54, 1.807) is 0 Å². The molecule has 0 nitrogen and oxygen atoms in total. The molecule has 0 fully saturated rings. The van der Waals surface area contributed by atoms with Gasteiger partial charge in [0.05, 0.1) is 0 Å².